The molecule has 3 rings (SSSR count). The average molecular weight is 357 g/mol. The fourth-order valence-electron chi connectivity index (χ4n) is 3.46. The first-order valence-electron chi connectivity index (χ1n) is 8.83. The van der Waals surface area contributed by atoms with Crippen molar-refractivity contribution >= 4 is 11.5 Å². The van der Waals surface area contributed by atoms with E-state index >= 15 is 0 Å². The van der Waals surface area contributed by atoms with Gasteiger partial charge in [-0.1, -0.05) is 12.1 Å². The van der Waals surface area contributed by atoms with E-state index in [4.69, 9.17) is 10.5 Å². The summed E-state index contributed by atoms with van der Waals surface area (Å²) in [6, 6.07) is 9.02. The Morgan fingerprint density at radius 3 is 2.50 bits per heavy atom. The van der Waals surface area contributed by atoms with Crippen molar-refractivity contribution in [1.29, 1.82) is 0 Å². The number of ether oxygens (including phenoxy) is 1. The van der Waals surface area contributed by atoms with E-state index in [9.17, 15) is 5.11 Å². The highest BCUT2D eigenvalue weighted by Crippen LogP contribution is 2.32. The zero-order chi connectivity index (χ0) is 18.7. The summed E-state index contributed by atoms with van der Waals surface area (Å²) < 4.78 is 5.35. The number of nitrogen functional groups attached to an aromatic ring is 1. The van der Waals surface area contributed by atoms with Gasteiger partial charge >= 0.3 is 0 Å². The van der Waals surface area contributed by atoms with E-state index in [0.717, 1.165) is 31.9 Å². The number of nitrogens with zero attached hydrogens (tertiary/aromatic N) is 4. The lowest BCUT2D eigenvalue weighted by Crippen LogP contribution is -2.56. The van der Waals surface area contributed by atoms with Crippen LogP contribution in [0.4, 0.5) is 11.5 Å². The summed E-state index contributed by atoms with van der Waals surface area (Å²) in [5, 5.41) is 18.3. The van der Waals surface area contributed by atoms with Crippen molar-refractivity contribution < 1.29 is 9.84 Å². The minimum Gasteiger partial charge on any atom is -0.507 e. The van der Waals surface area contributed by atoms with Crippen LogP contribution in [0.2, 0.25) is 0 Å². The zero-order valence-corrected chi connectivity index (χ0v) is 15.6. The summed E-state index contributed by atoms with van der Waals surface area (Å²) in [6.07, 6.45) is 0. The van der Waals surface area contributed by atoms with Crippen molar-refractivity contribution in [1.82, 2.24) is 15.1 Å². The Bertz CT molecular complexity index is 757. The molecule has 7 heteroatoms. The molecule has 26 heavy (non-hydrogen) atoms. The van der Waals surface area contributed by atoms with Gasteiger partial charge in [-0.3, -0.25) is 4.90 Å². The molecule has 0 saturated carbocycles. The van der Waals surface area contributed by atoms with Crippen LogP contribution in [0, 0.1) is 0 Å². The second kappa shape index (κ2) is 7.47. The molecule has 140 valence electrons. The third kappa shape index (κ3) is 3.73. The Balaban J connectivity index is 1.79. The predicted octanol–water partition coefficient (Wildman–Crippen LogP) is 1.98. The number of aromatic nitrogens is 2. The summed E-state index contributed by atoms with van der Waals surface area (Å²) >= 11 is 0. The van der Waals surface area contributed by atoms with Crippen molar-refractivity contribution in [2.45, 2.75) is 19.4 Å². The maximum absolute atomic E-state index is 10.1. The van der Waals surface area contributed by atoms with E-state index in [0.29, 0.717) is 23.7 Å². The summed E-state index contributed by atoms with van der Waals surface area (Å²) in [5.74, 6) is 0.595. The zero-order valence-electron chi connectivity index (χ0n) is 15.6. The first-order chi connectivity index (χ1) is 12.4. The van der Waals surface area contributed by atoms with Crippen LogP contribution in [-0.4, -0.2) is 65.6 Å². The number of hydrogen-bond donors (Lipinski definition) is 2. The van der Waals surface area contributed by atoms with Crippen LogP contribution >= 0.6 is 0 Å². The normalized spacial score (nSPS) is 16.0. The van der Waals surface area contributed by atoms with Crippen LogP contribution in [-0.2, 0) is 4.74 Å². The van der Waals surface area contributed by atoms with Gasteiger partial charge < -0.3 is 20.5 Å². The fourth-order valence-corrected chi connectivity index (χ4v) is 3.46. The molecule has 0 aliphatic carbocycles. The molecule has 0 amide bonds. The minimum atomic E-state index is 0.00384. The van der Waals surface area contributed by atoms with Crippen LogP contribution in [0.15, 0.2) is 30.3 Å². The highest BCUT2D eigenvalue weighted by atomic mass is 16.5. The third-order valence-corrected chi connectivity index (χ3v) is 4.96. The minimum absolute atomic E-state index is 0.00384. The average Bonchev–Trinajstić information content (AvgIpc) is 2.63. The molecule has 1 aromatic heterocycles. The molecule has 1 aromatic carbocycles. The van der Waals surface area contributed by atoms with Gasteiger partial charge in [-0.05, 0) is 32.0 Å². The first-order valence-corrected chi connectivity index (χ1v) is 8.83. The lowest BCUT2D eigenvalue weighted by atomic mass is 10.0. The van der Waals surface area contributed by atoms with E-state index < -0.39 is 0 Å². The number of hydrogen-bond acceptors (Lipinski definition) is 7. The topological polar surface area (TPSA) is 87.7 Å². The summed E-state index contributed by atoms with van der Waals surface area (Å²) in [5.41, 5.74) is 8.23. The Morgan fingerprint density at radius 1 is 1.15 bits per heavy atom. The molecular weight excluding hydrogens is 330 g/mol. The third-order valence-electron chi connectivity index (χ3n) is 4.96. The number of phenolic OH excluding ortho intramolecular Hbond substituents is 1. The van der Waals surface area contributed by atoms with Gasteiger partial charge in [0, 0.05) is 44.4 Å². The number of phenols is 1. The van der Waals surface area contributed by atoms with Gasteiger partial charge in [-0.2, -0.15) is 0 Å². The highest BCUT2D eigenvalue weighted by Gasteiger charge is 2.30. The maximum Gasteiger partial charge on any atom is 0.169 e. The molecule has 0 bridgehead atoms. The van der Waals surface area contributed by atoms with Gasteiger partial charge in [0.1, 0.15) is 5.75 Å². The fraction of sp³-hybridized carbons (Fsp3) is 0.474. The van der Waals surface area contributed by atoms with E-state index in [1.54, 1.807) is 19.2 Å². The van der Waals surface area contributed by atoms with E-state index in [1.165, 1.54) is 0 Å². The molecule has 0 spiro atoms. The number of para-hydroxylation sites is 1. The Hall–Kier alpha value is -2.38. The Morgan fingerprint density at radius 2 is 1.85 bits per heavy atom. The summed E-state index contributed by atoms with van der Waals surface area (Å²) in [7, 11) is 1.74. The molecular formula is C19H27N5O2. The number of aromatic hydroxyl groups is 1. The lowest BCUT2D eigenvalue weighted by Gasteiger charge is -2.44. The molecule has 0 radical (unpaired) electrons. The lowest BCUT2D eigenvalue weighted by molar-refractivity contribution is 0.0302. The first kappa shape index (κ1) is 18.4. The molecule has 1 fully saturated rings. The molecule has 1 aliphatic rings. The monoisotopic (exact) mass is 357 g/mol. The van der Waals surface area contributed by atoms with Crippen LogP contribution < -0.4 is 10.6 Å². The van der Waals surface area contributed by atoms with Crippen LogP contribution in [0.3, 0.4) is 0 Å². The van der Waals surface area contributed by atoms with Crippen LogP contribution in [0.1, 0.15) is 13.8 Å². The second-order valence-electron chi connectivity index (χ2n) is 7.24. The maximum atomic E-state index is 10.1. The van der Waals surface area contributed by atoms with Crippen LogP contribution in [0.25, 0.3) is 11.3 Å². The van der Waals surface area contributed by atoms with E-state index in [1.807, 2.05) is 18.2 Å². The SMILES string of the molecule is COCC(C)(C)N1CCN(c2cc(-c3ccccc3O)nnc2N)CC1. The number of piperazine rings is 1. The van der Waals surface area contributed by atoms with Crippen molar-refractivity contribution in [3.05, 3.63) is 30.3 Å². The predicted molar refractivity (Wildman–Crippen MR) is 103 cm³/mol. The van der Waals surface area contributed by atoms with Crippen molar-refractivity contribution in [3.63, 3.8) is 0 Å². The number of benzene rings is 1. The Labute approximate surface area is 154 Å². The van der Waals surface area contributed by atoms with Crippen molar-refractivity contribution in [2.75, 3.05) is 50.5 Å². The number of nitrogens with two attached hydrogens (primary N) is 1. The quantitative estimate of drug-likeness (QED) is 0.846. The summed E-state index contributed by atoms with van der Waals surface area (Å²) in [4.78, 5) is 4.66. The molecule has 7 nitrogen and oxygen atoms in total. The van der Waals surface area contributed by atoms with Gasteiger partial charge in [-0.15, -0.1) is 10.2 Å². The molecule has 1 aliphatic heterocycles. The number of methoxy groups -OCH3 is 1. The molecule has 1 saturated heterocycles. The van der Waals surface area contributed by atoms with Gasteiger partial charge in [0.25, 0.3) is 0 Å². The molecule has 2 heterocycles. The largest absolute Gasteiger partial charge is 0.507 e. The van der Waals surface area contributed by atoms with Crippen molar-refractivity contribution in [2.24, 2.45) is 0 Å². The smallest absolute Gasteiger partial charge is 0.169 e. The standard InChI is InChI=1S/C19H27N5O2/c1-19(2,13-26-3)24-10-8-23(9-11-24)16-12-15(21-22-18(16)20)14-6-4-5-7-17(14)25/h4-7,12,25H,8-11,13H2,1-3H3,(H2,20,22). The molecule has 0 atom stereocenters. The molecule has 0 unspecified atom stereocenters. The van der Waals surface area contributed by atoms with Gasteiger partial charge in [0.05, 0.1) is 18.0 Å². The van der Waals surface area contributed by atoms with Gasteiger partial charge in [0.15, 0.2) is 5.82 Å². The summed E-state index contributed by atoms with van der Waals surface area (Å²) in [6.45, 7) is 8.64. The highest BCUT2D eigenvalue weighted by molar-refractivity contribution is 5.74. The number of anilines is 2. The van der Waals surface area contributed by atoms with E-state index in [2.05, 4.69) is 33.8 Å². The van der Waals surface area contributed by atoms with Crippen molar-refractivity contribution in [3.8, 4) is 17.0 Å². The number of rotatable bonds is 5. The Kier molecular flexibility index (Phi) is 5.29. The van der Waals surface area contributed by atoms with Gasteiger partial charge in [0.2, 0.25) is 0 Å². The van der Waals surface area contributed by atoms with E-state index in [-0.39, 0.29) is 11.3 Å². The molecule has 3 N–H and O–H groups in total. The second-order valence-corrected chi connectivity index (χ2v) is 7.24. The van der Waals surface area contributed by atoms with Crippen LogP contribution in [0.5, 0.6) is 5.75 Å². The van der Waals surface area contributed by atoms with Gasteiger partial charge in [-0.25, -0.2) is 0 Å². The molecule has 2 aromatic rings.